The van der Waals surface area contributed by atoms with E-state index in [1.54, 1.807) is 0 Å². The molecule has 29 heavy (non-hydrogen) atoms. The zero-order valence-corrected chi connectivity index (χ0v) is 15.5. The number of urea groups is 1. The molecule has 0 bridgehead atoms. The zero-order chi connectivity index (χ0) is 21.2. The molecule has 0 aromatic carbocycles. The van der Waals surface area contributed by atoms with E-state index in [4.69, 9.17) is 4.42 Å². The first kappa shape index (κ1) is 20.9. The first-order valence-electron chi connectivity index (χ1n) is 9.23. The molecule has 0 spiro atoms. The van der Waals surface area contributed by atoms with E-state index in [0.29, 0.717) is 22.6 Å². The van der Waals surface area contributed by atoms with Crippen molar-refractivity contribution in [1.29, 1.82) is 0 Å². The molecule has 1 aromatic heterocycles. The quantitative estimate of drug-likeness (QED) is 0.525. The normalized spacial score (nSPS) is 18.7. The van der Waals surface area contributed by atoms with Crippen molar-refractivity contribution in [3.8, 4) is 0 Å². The Bertz CT molecular complexity index is 787. The Hall–Kier alpha value is -2.85. The standard InChI is InChI=1S/C18H20F3N3O5/c19-18(20,21)11-22(9-13-7-4-8-29-13)14(25)10-23-15(26)16(27)24(17(23)28)12-5-2-1-3-6-12/h4,7-8,12H,1-3,5-6,9-11H2. The van der Waals surface area contributed by atoms with Crippen molar-refractivity contribution in [2.24, 2.45) is 0 Å². The number of carbonyl (C=O) groups is 4. The molecular formula is C18H20F3N3O5. The lowest BCUT2D eigenvalue weighted by Gasteiger charge is -2.29. The summed E-state index contributed by atoms with van der Waals surface area (Å²) < 4.78 is 43.7. The van der Waals surface area contributed by atoms with Crippen LogP contribution in [0.3, 0.4) is 0 Å². The van der Waals surface area contributed by atoms with Gasteiger partial charge in [0.2, 0.25) is 5.91 Å². The monoisotopic (exact) mass is 415 g/mol. The predicted molar refractivity (Wildman–Crippen MR) is 91.0 cm³/mol. The number of amides is 5. The van der Waals surface area contributed by atoms with Gasteiger partial charge in [0, 0.05) is 6.04 Å². The zero-order valence-electron chi connectivity index (χ0n) is 15.5. The van der Waals surface area contributed by atoms with Gasteiger partial charge in [0.1, 0.15) is 18.8 Å². The first-order valence-corrected chi connectivity index (χ1v) is 9.23. The summed E-state index contributed by atoms with van der Waals surface area (Å²) in [4.78, 5) is 51.3. The molecule has 5 amide bonds. The molecule has 0 atom stereocenters. The van der Waals surface area contributed by atoms with E-state index in [9.17, 15) is 32.3 Å². The smallest absolute Gasteiger partial charge is 0.406 e. The van der Waals surface area contributed by atoms with Crippen LogP contribution < -0.4 is 0 Å². The highest BCUT2D eigenvalue weighted by atomic mass is 19.4. The number of halogens is 3. The maximum Gasteiger partial charge on any atom is 0.406 e. The van der Waals surface area contributed by atoms with Gasteiger partial charge in [0.15, 0.2) is 0 Å². The number of hydrogen-bond donors (Lipinski definition) is 0. The lowest BCUT2D eigenvalue weighted by molar-refractivity contribution is -0.163. The summed E-state index contributed by atoms with van der Waals surface area (Å²) in [5.41, 5.74) is 0. The number of nitrogens with zero attached hydrogens (tertiary/aromatic N) is 3. The van der Waals surface area contributed by atoms with Gasteiger partial charge >= 0.3 is 24.0 Å². The third kappa shape index (κ3) is 4.77. The molecule has 0 radical (unpaired) electrons. The van der Waals surface area contributed by atoms with Crippen LogP contribution in [0.4, 0.5) is 18.0 Å². The van der Waals surface area contributed by atoms with Crippen molar-refractivity contribution in [2.45, 2.75) is 50.9 Å². The van der Waals surface area contributed by atoms with Crippen LogP contribution in [0.25, 0.3) is 0 Å². The molecule has 1 aliphatic heterocycles. The topological polar surface area (TPSA) is 91.1 Å². The molecule has 0 N–H and O–H groups in total. The number of hydrogen-bond acceptors (Lipinski definition) is 5. The van der Waals surface area contributed by atoms with Crippen molar-refractivity contribution in [3.05, 3.63) is 24.2 Å². The summed E-state index contributed by atoms with van der Waals surface area (Å²) in [6.45, 7) is -3.01. The third-order valence-electron chi connectivity index (χ3n) is 4.97. The fraction of sp³-hybridized carbons (Fsp3) is 0.556. The summed E-state index contributed by atoms with van der Waals surface area (Å²) in [5, 5.41) is 0. The fourth-order valence-corrected chi connectivity index (χ4v) is 3.60. The minimum Gasteiger partial charge on any atom is -0.467 e. The second-order valence-corrected chi connectivity index (χ2v) is 7.09. The molecule has 1 aliphatic carbocycles. The van der Waals surface area contributed by atoms with E-state index in [0.717, 1.165) is 24.2 Å². The second-order valence-electron chi connectivity index (χ2n) is 7.09. The number of imide groups is 2. The van der Waals surface area contributed by atoms with Crippen LogP contribution in [0, 0.1) is 0 Å². The van der Waals surface area contributed by atoms with Gasteiger partial charge in [0.05, 0.1) is 12.8 Å². The molecule has 1 aromatic rings. The van der Waals surface area contributed by atoms with Gasteiger partial charge in [-0.2, -0.15) is 13.2 Å². The Morgan fingerprint density at radius 1 is 1.14 bits per heavy atom. The molecule has 2 aliphatic rings. The second kappa shape index (κ2) is 8.26. The van der Waals surface area contributed by atoms with E-state index in [-0.39, 0.29) is 5.76 Å². The highest BCUT2D eigenvalue weighted by Gasteiger charge is 2.49. The van der Waals surface area contributed by atoms with Gasteiger partial charge in [-0.15, -0.1) is 0 Å². The van der Waals surface area contributed by atoms with Gasteiger partial charge in [-0.3, -0.25) is 19.3 Å². The van der Waals surface area contributed by atoms with E-state index in [1.165, 1.54) is 18.4 Å². The summed E-state index contributed by atoms with van der Waals surface area (Å²) in [7, 11) is 0. The van der Waals surface area contributed by atoms with Crippen LogP contribution in [0.1, 0.15) is 37.9 Å². The molecule has 1 saturated carbocycles. The maximum absolute atomic E-state index is 12.9. The average Bonchev–Trinajstić information content (AvgIpc) is 3.24. The Morgan fingerprint density at radius 2 is 1.83 bits per heavy atom. The molecule has 8 nitrogen and oxygen atoms in total. The number of furan rings is 1. The lowest BCUT2D eigenvalue weighted by atomic mass is 9.94. The molecule has 3 rings (SSSR count). The third-order valence-corrected chi connectivity index (χ3v) is 4.97. The Morgan fingerprint density at radius 3 is 2.41 bits per heavy atom. The molecule has 1 saturated heterocycles. The lowest BCUT2D eigenvalue weighted by Crippen LogP contribution is -2.47. The summed E-state index contributed by atoms with van der Waals surface area (Å²) >= 11 is 0. The van der Waals surface area contributed by atoms with E-state index < -0.39 is 55.6 Å². The molecular weight excluding hydrogens is 395 g/mol. The van der Waals surface area contributed by atoms with Crippen LogP contribution in [-0.4, -0.2) is 63.8 Å². The van der Waals surface area contributed by atoms with E-state index >= 15 is 0 Å². The Kier molecular flexibility index (Phi) is 5.94. The van der Waals surface area contributed by atoms with Crippen LogP contribution >= 0.6 is 0 Å². The molecule has 2 heterocycles. The van der Waals surface area contributed by atoms with Crippen LogP contribution in [0.15, 0.2) is 22.8 Å². The summed E-state index contributed by atoms with van der Waals surface area (Å²) in [5.74, 6) is -3.23. The largest absolute Gasteiger partial charge is 0.467 e. The van der Waals surface area contributed by atoms with Crippen molar-refractivity contribution in [1.82, 2.24) is 14.7 Å². The highest BCUT2D eigenvalue weighted by molar-refractivity contribution is 6.45. The van der Waals surface area contributed by atoms with Crippen LogP contribution in [0.5, 0.6) is 0 Å². The van der Waals surface area contributed by atoms with Crippen molar-refractivity contribution >= 4 is 23.8 Å². The molecule has 11 heteroatoms. The van der Waals surface area contributed by atoms with E-state index in [1.807, 2.05) is 0 Å². The van der Waals surface area contributed by atoms with Crippen molar-refractivity contribution < 1.29 is 36.8 Å². The first-order chi connectivity index (χ1) is 13.7. The van der Waals surface area contributed by atoms with Crippen molar-refractivity contribution in [2.75, 3.05) is 13.1 Å². The van der Waals surface area contributed by atoms with Gasteiger partial charge in [-0.25, -0.2) is 9.69 Å². The van der Waals surface area contributed by atoms with Gasteiger partial charge < -0.3 is 9.32 Å². The van der Waals surface area contributed by atoms with Crippen LogP contribution in [-0.2, 0) is 20.9 Å². The average molecular weight is 415 g/mol. The predicted octanol–water partition coefficient (Wildman–Crippen LogP) is 2.29. The van der Waals surface area contributed by atoms with E-state index in [2.05, 4.69) is 0 Å². The number of rotatable bonds is 6. The summed E-state index contributed by atoms with van der Waals surface area (Å²) in [6.07, 6.45) is 0.248. The minimum atomic E-state index is -4.69. The van der Waals surface area contributed by atoms with Gasteiger partial charge in [-0.1, -0.05) is 19.3 Å². The summed E-state index contributed by atoms with van der Waals surface area (Å²) in [6, 6.07) is 1.48. The van der Waals surface area contributed by atoms with Gasteiger partial charge in [-0.05, 0) is 25.0 Å². The van der Waals surface area contributed by atoms with Crippen LogP contribution in [0.2, 0.25) is 0 Å². The Balaban J connectivity index is 1.73. The number of alkyl halides is 3. The maximum atomic E-state index is 12.9. The highest BCUT2D eigenvalue weighted by Crippen LogP contribution is 2.27. The molecule has 0 unspecified atom stereocenters. The SMILES string of the molecule is O=C(CN1C(=O)C(=O)N(C2CCCCC2)C1=O)N(Cc1ccco1)CC(F)(F)F. The minimum absolute atomic E-state index is 0.113. The van der Waals surface area contributed by atoms with Gasteiger partial charge in [0.25, 0.3) is 0 Å². The van der Waals surface area contributed by atoms with Crippen molar-refractivity contribution in [3.63, 3.8) is 0 Å². The molecule has 158 valence electrons. The molecule has 2 fully saturated rings. The fourth-order valence-electron chi connectivity index (χ4n) is 3.60. The number of carbonyl (C=O) groups excluding carboxylic acids is 4. The Labute approximate surface area is 164 Å².